The molecular weight excluding hydrogens is 1010 g/mol. The molecule has 6 heteroatoms. The van der Waals surface area contributed by atoms with Gasteiger partial charge >= 0.3 is 0 Å². The Morgan fingerprint density at radius 2 is 0.542 bits per heavy atom. The van der Waals surface area contributed by atoms with Crippen molar-refractivity contribution in [2.24, 2.45) is 0 Å². The highest BCUT2D eigenvalue weighted by molar-refractivity contribution is 7.00. The van der Waals surface area contributed by atoms with Gasteiger partial charge in [0.1, 0.15) is 0 Å². The Morgan fingerprint density at radius 1 is 0.241 bits per heavy atom. The van der Waals surface area contributed by atoms with Crippen molar-refractivity contribution in [2.75, 3.05) is 9.80 Å². The number of benzene rings is 13. The van der Waals surface area contributed by atoms with Gasteiger partial charge in [0.15, 0.2) is 17.5 Å². The number of fused-ring (bicyclic) bond motifs is 8. The maximum atomic E-state index is 5.50. The van der Waals surface area contributed by atoms with Gasteiger partial charge in [-0.25, -0.2) is 15.0 Å². The molecule has 5 nitrogen and oxygen atoms in total. The predicted octanol–water partition coefficient (Wildman–Crippen LogP) is 17.9. The second kappa shape index (κ2) is 20.0. The molecule has 83 heavy (non-hydrogen) atoms. The van der Waals surface area contributed by atoms with Gasteiger partial charge in [0.2, 0.25) is 0 Å². The summed E-state index contributed by atoms with van der Waals surface area (Å²) in [6, 6.07) is 110. The second-order valence-electron chi connectivity index (χ2n) is 21.5. The lowest BCUT2D eigenvalue weighted by Gasteiger charge is -2.45. The van der Waals surface area contributed by atoms with Gasteiger partial charge in [0, 0.05) is 61.6 Å². The molecule has 2 aliphatic rings. The third-order valence-corrected chi connectivity index (χ3v) is 16.6. The lowest BCUT2D eigenvalue weighted by molar-refractivity contribution is 1.07. The highest BCUT2D eigenvalue weighted by atomic mass is 15.2. The largest absolute Gasteiger partial charge is 0.311 e. The summed E-state index contributed by atoms with van der Waals surface area (Å²) in [7, 11) is 0. The first-order valence-electron chi connectivity index (χ1n) is 28.4. The molecule has 0 atom stereocenters. The van der Waals surface area contributed by atoms with Crippen molar-refractivity contribution in [3.05, 3.63) is 303 Å². The third-order valence-electron chi connectivity index (χ3n) is 16.6. The summed E-state index contributed by atoms with van der Waals surface area (Å²) in [6.07, 6.45) is 0. The van der Waals surface area contributed by atoms with Gasteiger partial charge in [0.25, 0.3) is 6.71 Å². The normalized spacial score (nSPS) is 12.3. The molecule has 0 N–H and O–H groups in total. The summed E-state index contributed by atoms with van der Waals surface area (Å²) in [6.45, 7) is -0.185. The highest BCUT2D eigenvalue weighted by Crippen LogP contribution is 2.51. The van der Waals surface area contributed by atoms with E-state index in [0.29, 0.717) is 17.5 Å². The van der Waals surface area contributed by atoms with Gasteiger partial charge in [-0.15, -0.1) is 0 Å². The molecule has 0 radical (unpaired) electrons. The molecule has 3 heterocycles. The quantitative estimate of drug-likeness (QED) is 0.135. The van der Waals surface area contributed by atoms with Crippen molar-refractivity contribution in [2.45, 2.75) is 0 Å². The second-order valence-corrected chi connectivity index (χ2v) is 21.5. The maximum Gasteiger partial charge on any atom is 0.252 e. The van der Waals surface area contributed by atoms with E-state index in [1.54, 1.807) is 0 Å². The topological polar surface area (TPSA) is 45.2 Å². The van der Waals surface area contributed by atoms with Crippen LogP contribution in [0.2, 0.25) is 0 Å². The van der Waals surface area contributed by atoms with Gasteiger partial charge in [0.05, 0.1) is 0 Å². The van der Waals surface area contributed by atoms with Crippen molar-refractivity contribution in [3.8, 4) is 78.7 Å². The van der Waals surface area contributed by atoms with Gasteiger partial charge in [-0.05, 0) is 120 Å². The number of anilines is 6. The molecular formula is C77H50BN5. The van der Waals surface area contributed by atoms with Crippen LogP contribution in [0.1, 0.15) is 0 Å². The Morgan fingerprint density at radius 3 is 0.892 bits per heavy atom. The number of hydrogen-bond acceptors (Lipinski definition) is 5. The fraction of sp³-hybridized carbons (Fsp3) is 0. The first-order valence-corrected chi connectivity index (χ1v) is 28.4. The zero-order valence-electron chi connectivity index (χ0n) is 45.2. The molecule has 0 unspecified atom stereocenters. The minimum Gasteiger partial charge on any atom is -0.311 e. The van der Waals surface area contributed by atoms with Gasteiger partial charge in [-0.3, -0.25) is 0 Å². The minimum absolute atomic E-state index is 0.185. The Balaban J connectivity index is 1.07. The van der Waals surface area contributed by atoms with Crippen LogP contribution in [-0.2, 0) is 0 Å². The molecule has 0 saturated heterocycles. The number of nitrogens with zero attached hydrogens (tertiary/aromatic N) is 5. The average molecular weight is 1060 g/mol. The van der Waals surface area contributed by atoms with E-state index in [0.717, 1.165) is 95.3 Å². The van der Waals surface area contributed by atoms with Crippen LogP contribution in [0.25, 0.3) is 100 Å². The average Bonchev–Trinajstić information content (AvgIpc) is 1.63. The third kappa shape index (κ3) is 8.38. The molecule has 1 aromatic heterocycles. The van der Waals surface area contributed by atoms with E-state index in [9.17, 15) is 0 Å². The predicted molar refractivity (Wildman–Crippen MR) is 347 cm³/mol. The van der Waals surface area contributed by atoms with Crippen LogP contribution in [-0.4, -0.2) is 21.7 Å². The molecule has 0 fully saturated rings. The first kappa shape index (κ1) is 48.0. The van der Waals surface area contributed by atoms with Crippen LogP contribution in [0.4, 0.5) is 34.1 Å². The zero-order valence-corrected chi connectivity index (χ0v) is 45.2. The molecule has 0 aliphatic carbocycles. The van der Waals surface area contributed by atoms with E-state index >= 15 is 0 Å². The van der Waals surface area contributed by atoms with Crippen molar-refractivity contribution in [3.63, 3.8) is 0 Å². The highest BCUT2D eigenvalue weighted by Gasteiger charge is 2.45. The molecule has 0 amide bonds. The summed E-state index contributed by atoms with van der Waals surface area (Å²) < 4.78 is 0. The van der Waals surface area contributed by atoms with E-state index in [4.69, 9.17) is 15.0 Å². The standard InChI is InChI=1S/C77H50BN5/c1-7-23-51(24-8-1)59-43-60(52-25-9-2-10-26-52)46-64(45-59)82-70-49-63(77-80-75(57-33-15-5-16-34-57)79-76(81-77)58-35-17-6-18-36-58)50-71-72(70)78(68-41-39-55-31-19-21-37-66(55)73(68)82)69-42-40-56-32-20-22-38-67(56)74(69)83(71)65-47-61(53-27-11-3-12-28-53)44-62(48-65)54-29-13-4-14-30-54/h1-50H. The molecule has 14 aromatic rings. The Hall–Kier alpha value is -10.9. The summed E-state index contributed by atoms with van der Waals surface area (Å²) in [4.78, 5) is 21.3. The number of aromatic nitrogens is 3. The molecule has 13 aromatic carbocycles. The van der Waals surface area contributed by atoms with Crippen molar-refractivity contribution in [1.82, 2.24) is 15.0 Å². The van der Waals surface area contributed by atoms with E-state index in [1.807, 2.05) is 36.4 Å². The lowest BCUT2D eigenvalue weighted by Crippen LogP contribution is -2.61. The molecule has 0 bridgehead atoms. The smallest absolute Gasteiger partial charge is 0.252 e. The maximum absolute atomic E-state index is 5.50. The molecule has 2 aliphatic heterocycles. The SMILES string of the molecule is c1ccc(-c2cc(-c3ccccc3)cc(N3c4cc(-c5nc(-c6ccccc6)nc(-c6ccccc6)n5)cc5c4B(c4ccc6ccccc6c43)c3ccc4ccccc4c3N5c3cc(-c4ccccc4)cc(-c4ccccc4)c3)c2)cc1. The van der Waals surface area contributed by atoms with Gasteiger partial charge in [-0.1, -0.05) is 255 Å². The summed E-state index contributed by atoms with van der Waals surface area (Å²) in [5.41, 5.74) is 21.9. The fourth-order valence-corrected chi connectivity index (χ4v) is 12.8. The van der Waals surface area contributed by atoms with E-state index in [2.05, 4.69) is 277 Å². The van der Waals surface area contributed by atoms with Gasteiger partial charge in [-0.2, -0.15) is 0 Å². The Bertz CT molecular complexity index is 4380. The van der Waals surface area contributed by atoms with Crippen LogP contribution in [0.5, 0.6) is 0 Å². The summed E-state index contributed by atoms with van der Waals surface area (Å²) >= 11 is 0. The van der Waals surface area contributed by atoms with Gasteiger partial charge < -0.3 is 9.80 Å². The minimum atomic E-state index is -0.185. The van der Waals surface area contributed by atoms with Crippen LogP contribution >= 0.6 is 0 Å². The lowest BCUT2D eigenvalue weighted by atomic mass is 9.33. The van der Waals surface area contributed by atoms with Crippen LogP contribution in [0, 0.1) is 0 Å². The Kier molecular flexibility index (Phi) is 11.6. The fourth-order valence-electron chi connectivity index (χ4n) is 12.8. The molecule has 0 spiro atoms. The number of rotatable bonds is 9. The number of hydrogen-bond donors (Lipinski definition) is 0. The van der Waals surface area contributed by atoms with Crippen molar-refractivity contribution in [1.29, 1.82) is 0 Å². The monoisotopic (exact) mass is 1060 g/mol. The Labute approximate surface area is 482 Å². The van der Waals surface area contributed by atoms with Crippen LogP contribution in [0.3, 0.4) is 0 Å². The summed E-state index contributed by atoms with van der Waals surface area (Å²) in [5.74, 6) is 1.78. The molecule has 386 valence electrons. The summed E-state index contributed by atoms with van der Waals surface area (Å²) in [5, 5.41) is 4.66. The van der Waals surface area contributed by atoms with Crippen LogP contribution in [0.15, 0.2) is 303 Å². The zero-order chi connectivity index (χ0) is 54.8. The first-order chi connectivity index (χ1) is 41.1. The van der Waals surface area contributed by atoms with Crippen LogP contribution < -0.4 is 26.2 Å². The van der Waals surface area contributed by atoms with E-state index < -0.39 is 0 Å². The molecule has 16 rings (SSSR count). The van der Waals surface area contributed by atoms with Crippen molar-refractivity contribution < 1.29 is 0 Å². The van der Waals surface area contributed by atoms with E-state index in [-0.39, 0.29) is 6.71 Å². The molecule has 0 saturated carbocycles. The van der Waals surface area contributed by atoms with Crippen molar-refractivity contribution >= 4 is 78.8 Å². The van der Waals surface area contributed by atoms with E-state index in [1.165, 1.54) is 37.9 Å².